The monoisotopic (exact) mass is 386 g/mol. The maximum atomic E-state index is 12.6. The molecule has 2 aromatic carbocycles. The minimum Gasteiger partial charge on any atom is -0.393 e. The molecule has 1 aliphatic rings. The summed E-state index contributed by atoms with van der Waals surface area (Å²) < 4.78 is 0. The van der Waals surface area contributed by atoms with Crippen LogP contribution in [0.25, 0.3) is 0 Å². The summed E-state index contributed by atoms with van der Waals surface area (Å²) in [6, 6.07) is 17.8. The standard InChI is InChI=1S/C22H27ClN2O2/c23-19-8-6-18(7-9-19)21(17-4-2-1-3-5-17)16-22(27)24-12-15-25-13-10-20(26)11-14-25/h1-9,20-21,26H,10-16H2,(H,24,27). The van der Waals surface area contributed by atoms with E-state index in [4.69, 9.17) is 11.6 Å². The summed E-state index contributed by atoms with van der Waals surface area (Å²) in [5.41, 5.74) is 2.21. The van der Waals surface area contributed by atoms with E-state index in [1.807, 2.05) is 42.5 Å². The lowest BCUT2D eigenvalue weighted by Crippen LogP contribution is -2.41. The highest BCUT2D eigenvalue weighted by molar-refractivity contribution is 6.30. The van der Waals surface area contributed by atoms with Crippen LogP contribution in [0, 0.1) is 0 Å². The summed E-state index contributed by atoms with van der Waals surface area (Å²) in [7, 11) is 0. The Bertz CT molecular complexity index is 713. The Hall–Kier alpha value is -1.88. The van der Waals surface area contributed by atoms with Crippen molar-refractivity contribution in [2.45, 2.75) is 31.3 Å². The highest BCUT2D eigenvalue weighted by atomic mass is 35.5. The zero-order valence-electron chi connectivity index (χ0n) is 15.5. The molecule has 0 aromatic heterocycles. The Morgan fingerprint density at radius 3 is 2.37 bits per heavy atom. The molecule has 1 atom stereocenters. The van der Waals surface area contributed by atoms with Crippen molar-refractivity contribution in [1.82, 2.24) is 10.2 Å². The molecule has 1 amide bonds. The van der Waals surface area contributed by atoms with E-state index in [1.165, 1.54) is 0 Å². The van der Waals surface area contributed by atoms with Gasteiger partial charge in [0.25, 0.3) is 0 Å². The predicted octanol–water partition coefficient (Wildman–Crippen LogP) is 3.43. The molecule has 0 spiro atoms. The molecule has 1 heterocycles. The highest BCUT2D eigenvalue weighted by Gasteiger charge is 2.19. The Balaban J connectivity index is 1.57. The van der Waals surface area contributed by atoms with Gasteiger partial charge in [0, 0.05) is 43.5 Å². The van der Waals surface area contributed by atoms with Gasteiger partial charge in [0.05, 0.1) is 6.10 Å². The van der Waals surface area contributed by atoms with E-state index < -0.39 is 0 Å². The SMILES string of the molecule is O=C(CC(c1ccccc1)c1ccc(Cl)cc1)NCCN1CCC(O)CC1. The molecule has 1 aliphatic heterocycles. The van der Waals surface area contributed by atoms with Crippen LogP contribution in [0.2, 0.25) is 5.02 Å². The number of aliphatic hydroxyl groups is 1. The molecular formula is C22H27ClN2O2. The van der Waals surface area contributed by atoms with Gasteiger partial charge in [-0.15, -0.1) is 0 Å². The maximum Gasteiger partial charge on any atom is 0.220 e. The van der Waals surface area contributed by atoms with Gasteiger partial charge in [-0.25, -0.2) is 0 Å². The zero-order valence-corrected chi connectivity index (χ0v) is 16.2. The van der Waals surface area contributed by atoms with Crippen LogP contribution in [0.5, 0.6) is 0 Å². The van der Waals surface area contributed by atoms with Crippen molar-refractivity contribution in [1.29, 1.82) is 0 Å². The second-order valence-corrected chi connectivity index (χ2v) is 7.58. The van der Waals surface area contributed by atoms with E-state index in [0.717, 1.165) is 43.6 Å². The number of likely N-dealkylation sites (tertiary alicyclic amines) is 1. The van der Waals surface area contributed by atoms with Crippen LogP contribution in [0.3, 0.4) is 0 Å². The maximum absolute atomic E-state index is 12.6. The van der Waals surface area contributed by atoms with E-state index in [9.17, 15) is 9.90 Å². The molecule has 0 saturated carbocycles. The lowest BCUT2D eigenvalue weighted by molar-refractivity contribution is -0.121. The fourth-order valence-corrected chi connectivity index (χ4v) is 3.69. The van der Waals surface area contributed by atoms with Crippen LogP contribution in [0.4, 0.5) is 0 Å². The molecule has 1 unspecified atom stereocenters. The van der Waals surface area contributed by atoms with Crippen molar-refractivity contribution in [3.63, 3.8) is 0 Å². The first kappa shape index (κ1) is 19.9. The molecule has 0 aliphatic carbocycles. The number of hydrogen-bond donors (Lipinski definition) is 2. The number of rotatable bonds is 7. The number of nitrogens with one attached hydrogen (secondary N) is 1. The van der Waals surface area contributed by atoms with Crippen LogP contribution in [0.15, 0.2) is 54.6 Å². The predicted molar refractivity (Wildman–Crippen MR) is 109 cm³/mol. The Morgan fingerprint density at radius 2 is 1.70 bits per heavy atom. The smallest absolute Gasteiger partial charge is 0.220 e. The lowest BCUT2D eigenvalue weighted by Gasteiger charge is -2.29. The molecule has 144 valence electrons. The summed E-state index contributed by atoms with van der Waals surface area (Å²) in [6.45, 7) is 3.26. The average Bonchev–Trinajstić information content (AvgIpc) is 2.69. The van der Waals surface area contributed by atoms with E-state index >= 15 is 0 Å². The molecule has 27 heavy (non-hydrogen) atoms. The van der Waals surface area contributed by atoms with Crippen LogP contribution in [0.1, 0.15) is 36.3 Å². The van der Waals surface area contributed by atoms with Gasteiger partial charge >= 0.3 is 0 Å². The van der Waals surface area contributed by atoms with Crippen molar-refractivity contribution in [3.05, 3.63) is 70.7 Å². The molecule has 1 fully saturated rings. The van der Waals surface area contributed by atoms with Crippen molar-refractivity contribution < 1.29 is 9.90 Å². The van der Waals surface area contributed by atoms with Gasteiger partial charge in [0.2, 0.25) is 5.91 Å². The van der Waals surface area contributed by atoms with E-state index in [1.54, 1.807) is 0 Å². The molecule has 3 rings (SSSR count). The molecule has 2 N–H and O–H groups in total. The topological polar surface area (TPSA) is 52.6 Å². The Labute approximate surface area is 166 Å². The zero-order chi connectivity index (χ0) is 19.1. The first-order valence-electron chi connectivity index (χ1n) is 9.59. The van der Waals surface area contributed by atoms with Crippen molar-refractivity contribution >= 4 is 17.5 Å². The summed E-state index contributed by atoms with van der Waals surface area (Å²) in [4.78, 5) is 14.9. The molecule has 5 heteroatoms. The Morgan fingerprint density at radius 1 is 1.07 bits per heavy atom. The van der Waals surface area contributed by atoms with Gasteiger partial charge in [0.15, 0.2) is 0 Å². The normalized spacial score (nSPS) is 16.8. The number of amides is 1. The van der Waals surface area contributed by atoms with E-state index in [-0.39, 0.29) is 17.9 Å². The van der Waals surface area contributed by atoms with Gasteiger partial charge in [-0.1, -0.05) is 54.1 Å². The number of benzene rings is 2. The van der Waals surface area contributed by atoms with Gasteiger partial charge in [-0.2, -0.15) is 0 Å². The van der Waals surface area contributed by atoms with Gasteiger partial charge in [-0.3, -0.25) is 4.79 Å². The Kier molecular flexibility index (Phi) is 7.27. The van der Waals surface area contributed by atoms with Crippen LogP contribution in [-0.2, 0) is 4.79 Å². The fraction of sp³-hybridized carbons (Fsp3) is 0.409. The van der Waals surface area contributed by atoms with E-state index in [2.05, 4.69) is 22.3 Å². The lowest BCUT2D eigenvalue weighted by atomic mass is 9.88. The number of carbonyl (C=O) groups excluding carboxylic acids is 1. The van der Waals surface area contributed by atoms with Gasteiger partial charge in [-0.05, 0) is 36.1 Å². The number of piperidine rings is 1. The third-order valence-electron chi connectivity index (χ3n) is 5.17. The minimum absolute atomic E-state index is 0.00796. The summed E-state index contributed by atoms with van der Waals surface area (Å²) in [5.74, 6) is 0.0597. The van der Waals surface area contributed by atoms with Gasteiger partial charge < -0.3 is 15.3 Å². The fourth-order valence-electron chi connectivity index (χ4n) is 3.56. The van der Waals surface area contributed by atoms with Crippen molar-refractivity contribution in [3.8, 4) is 0 Å². The van der Waals surface area contributed by atoms with Crippen molar-refractivity contribution in [2.75, 3.05) is 26.2 Å². The summed E-state index contributed by atoms with van der Waals surface area (Å²) in [5, 5.41) is 13.3. The molecule has 1 saturated heterocycles. The molecule has 2 aromatic rings. The molecule has 4 nitrogen and oxygen atoms in total. The minimum atomic E-state index is -0.165. The second kappa shape index (κ2) is 9.88. The third kappa shape index (κ3) is 6.06. The average molecular weight is 387 g/mol. The number of halogens is 1. The highest BCUT2D eigenvalue weighted by Crippen LogP contribution is 2.28. The molecule has 0 radical (unpaired) electrons. The van der Waals surface area contributed by atoms with Crippen LogP contribution in [-0.4, -0.2) is 48.2 Å². The number of carbonyl (C=O) groups is 1. The second-order valence-electron chi connectivity index (χ2n) is 7.14. The molecular weight excluding hydrogens is 360 g/mol. The van der Waals surface area contributed by atoms with Gasteiger partial charge in [0.1, 0.15) is 0 Å². The largest absolute Gasteiger partial charge is 0.393 e. The molecule has 0 bridgehead atoms. The number of aliphatic hydroxyl groups excluding tert-OH is 1. The number of nitrogens with zero attached hydrogens (tertiary/aromatic N) is 1. The summed E-state index contributed by atoms with van der Waals surface area (Å²) >= 11 is 6.02. The first-order valence-corrected chi connectivity index (χ1v) is 9.97. The van der Waals surface area contributed by atoms with Crippen molar-refractivity contribution in [2.24, 2.45) is 0 Å². The first-order chi connectivity index (χ1) is 13.1. The summed E-state index contributed by atoms with van der Waals surface area (Å²) in [6.07, 6.45) is 1.88. The van der Waals surface area contributed by atoms with Crippen LogP contribution < -0.4 is 5.32 Å². The van der Waals surface area contributed by atoms with Crippen LogP contribution >= 0.6 is 11.6 Å². The quantitative estimate of drug-likeness (QED) is 0.766. The number of hydrogen-bond acceptors (Lipinski definition) is 3. The third-order valence-corrected chi connectivity index (χ3v) is 5.42. The van der Waals surface area contributed by atoms with E-state index in [0.29, 0.717) is 18.0 Å².